The molecule has 19 heavy (non-hydrogen) atoms. The van der Waals surface area contributed by atoms with E-state index in [4.69, 9.17) is 11.6 Å². The standard InChI is InChI=1S/C14H13ClN2O2/c1-9-8-10(6-7-13(9)18)16-14(19)17-12-5-3-2-4-11(12)15/h2-8,18H,1H3,(H2,16,17,19). The second-order valence-electron chi connectivity index (χ2n) is 4.06. The fourth-order valence-corrected chi connectivity index (χ4v) is 1.76. The molecule has 2 aromatic rings. The molecule has 0 heterocycles. The second-order valence-corrected chi connectivity index (χ2v) is 4.47. The summed E-state index contributed by atoms with van der Waals surface area (Å²) in [5, 5.41) is 15.2. The SMILES string of the molecule is Cc1cc(NC(=O)Nc2ccccc2Cl)ccc1O. The van der Waals surface area contributed by atoms with Crippen molar-refractivity contribution >= 4 is 29.0 Å². The molecule has 0 aromatic heterocycles. The molecule has 2 rings (SSSR count). The lowest BCUT2D eigenvalue weighted by molar-refractivity contribution is 0.262. The summed E-state index contributed by atoms with van der Waals surface area (Å²) in [6.45, 7) is 1.76. The van der Waals surface area contributed by atoms with Crippen LogP contribution in [0.5, 0.6) is 5.75 Å². The Bertz CT molecular complexity index is 614. The molecule has 0 radical (unpaired) electrons. The Labute approximate surface area is 116 Å². The van der Waals surface area contributed by atoms with Gasteiger partial charge in [0.05, 0.1) is 10.7 Å². The number of aromatic hydroxyl groups is 1. The maximum atomic E-state index is 11.8. The molecule has 3 N–H and O–H groups in total. The molecule has 0 aliphatic rings. The molecule has 2 amide bonds. The van der Waals surface area contributed by atoms with Crippen molar-refractivity contribution in [3.05, 3.63) is 53.1 Å². The van der Waals surface area contributed by atoms with Crippen molar-refractivity contribution in [1.82, 2.24) is 0 Å². The van der Waals surface area contributed by atoms with Gasteiger partial charge in [0, 0.05) is 5.69 Å². The molecule has 0 bridgehead atoms. The van der Waals surface area contributed by atoms with E-state index in [0.29, 0.717) is 22.0 Å². The maximum Gasteiger partial charge on any atom is 0.323 e. The van der Waals surface area contributed by atoms with Crippen molar-refractivity contribution in [3.8, 4) is 5.75 Å². The first-order valence-corrected chi connectivity index (χ1v) is 6.06. The predicted molar refractivity (Wildman–Crippen MR) is 76.9 cm³/mol. The highest BCUT2D eigenvalue weighted by Gasteiger charge is 2.06. The van der Waals surface area contributed by atoms with E-state index in [1.807, 2.05) is 0 Å². The number of hydrogen-bond acceptors (Lipinski definition) is 2. The second kappa shape index (κ2) is 5.63. The molecule has 0 saturated heterocycles. The molecule has 4 nitrogen and oxygen atoms in total. The minimum absolute atomic E-state index is 0.192. The van der Waals surface area contributed by atoms with Crippen LogP contribution >= 0.6 is 11.6 Å². The summed E-state index contributed by atoms with van der Waals surface area (Å²) >= 11 is 5.94. The number of phenols is 1. The summed E-state index contributed by atoms with van der Waals surface area (Å²) in [7, 11) is 0. The van der Waals surface area contributed by atoms with E-state index in [1.165, 1.54) is 6.07 Å². The van der Waals surface area contributed by atoms with Crippen molar-refractivity contribution in [1.29, 1.82) is 0 Å². The van der Waals surface area contributed by atoms with Gasteiger partial charge >= 0.3 is 6.03 Å². The molecule has 0 aliphatic heterocycles. The van der Waals surface area contributed by atoms with E-state index >= 15 is 0 Å². The predicted octanol–water partition coefficient (Wildman–Crippen LogP) is 4.00. The highest BCUT2D eigenvalue weighted by Crippen LogP contribution is 2.22. The third-order valence-corrected chi connectivity index (χ3v) is 2.91. The number of aryl methyl sites for hydroxylation is 1. The van der Waals surface area contributed by atoms with Crippen LogP contribution in [-0.2, 0) is 0 Å². The first kappa shape index (κ1) is 13.2. The molecular formula is C14H13ClN2O2. The van der Waals surface area contributed by atoms with Crippen LogP contribution in [0.15, 0.2) is 42.5 Å². The Morgan fingerprint density at radius 3 is 2.58 bits per heavy atom. The molecule has 2 aromatic carbocycles. The van der Waals surface area contributed by atoms with Gasteiger partial charge in [-0.2, -0.15) is 0 Å². The quantitative estimate of drug-likeness (QED) is 0.726. The number of nitrogens with one attached hydrogen (secondary N) is 2. The van der Waals surface area contributed by atoms with Gasteiger partial charge in [-0.25, -0.2) is 4.79 Å². The van der Waals surface area contributed by atoms with Gasteiger partial charge in [-0.3, -0.25) is 0 Å². The van der Waals surface area contributed by atoms with E-state index in [9.17, 15) is 9.90 Å². The van der Waals surface area contributed by atoms with Gasteiger partial charge in [0.15, 0.2) is 0 Å². The molecule has 98 valence electrons. The molecular weight excluding hydrogens is 264 g/mol. The first-order valence-electron chi connectivity index (χ1n) is 5.68. The minimum Gasteiger partial charge on any atom is -0.508 e. The van der Waals surface area contributed by atoms with Crippen LogP contribution in [-0.4, -0.2) is 11.1 Å². The minimum atomic E-state index is -0.391. The molecule has 0 spiro atoms. The molecule has 0 saturated carbocycles. The zero-order valence-electron chi connectivity index (χ0n) is 10.3. The van der Waals surface area contributed by atoms with Gasteiger partial charge in [0.25, 0.3) is 0 Å². The number of carbonyl (C=O) groups is 1. The van der Waals surface area contributed by atoms with Crippen molar-refractivity contribution in [2.45, 2.75) is 6.92 Å². The van der Waals surface area contributed by atoms with Gasteiger partial charge in [-0.05, 0) is 42.8 Å². The summed E-state index contributed by atoms with van der Waals surface area (Å²) in [6, 6.07) is 11.4. The van der Waals surface area contributed by atoms with E-state index in [1.54, 1.807) is 43.3 Å². The smallest absolute Gasteiger partial charge is 0.323 e. The van der Waals surface area contributed by atoms with Crippen LogP contribution < -0.4 is 10.6 Å². The zero-order chi connectivity index (χ0) is 13.8. The van der Waals surface area contributed by atoms with Gasteiger partial charge in [-0.15, -0.1) is 0 Å². The average Bonchev–Trinajstić information content (AvgIpc) is 2.37. The molecule has 0 unspecified atom stereocenters. The van der Waals surface area contributed by atoms with Gasteiger partial charge < -0.3 is 15.7 Å². The number of benzene rings is 2. The van der Waals surface area contributed by atoms with E-state index in [-0.39, 0.29) is 5.75 Å². The third kappa shape index (κ3) is 3.39. The number of amides is 2. The molecule has 0 aliphatic carbocycles. The number of anilines is 2. The van der Waals surface area contributed by atoms with Crippen LogP contribution in [0.4, 0.5) is 16.2 Å². The Morgan fingerprint density at radius 1 is 1.16 bits per heavy atom. The Balaban J connectivity index is 2.05. The van der Waals surface area contributed by atoms with Crippen LogP contribution in [0.25, 0.3) is 0 Å². The lowest BCUT2D eigenvalue weighted by atomic mass is 10.2. The Morgan fingerprint density at radius 2 is 1.89 bits per heavy atom. The maximum absolute atomic E-state index is 11.8. The lowest BCUT2D eigenvalue weighted by Crippen LogP contribution is -2.19. The van der Waals surface area contributed by atoms with Crippen molar-refractivity contribution in [2.75, 3.05) is 10.6 Å². The van der Waals surface area contributed by atoms with Crippen LogP contribution in [0, 0.1) is 6.92 Å². The number of phenolic OH excluding ortho intramolecular Hbond substituents is 1. The number of halogens is 1. The highest BCUT2D eigenvalue weighted by atomic mass is 35.5. The van der Waals surface area contributed by atoms with Crippen LogP contribution in [0.3, 0.4) is 0 Å². The first-order chi connectivity index (χ1) is 9.06. The van der Waals surface area contributed by atoms with E-state index < -0.39 is 6.03 Å². The number of hydrogen-bond donors (Lipinski definition) is 3. The number of urea groups is 1. The number of para-hydroxylation sites is 1. The summed E-state index contributed by atoms with van der Waals surface area (Å²) in [5.41, 5.74) is 1.83. The Hall–Kier alpha value is -2.20. The molecule has 0 atom stereocenters. The highest BCUT2D eigenvalue weighted by molar-refractivity contribution is 6.33. The van der Waals surface area contributed by atoms with Crippen molar-refractivity contribution < 1.29 is 9.90 Å². The third-order valence-electron chi connectivity index (χ3n) is 2.58. The fraction of sp³-hybridized carbons (Fsp3) is 0.0714. The van der Waals surface area contributed by atoms with Gasteiger partial charge in [0.1, 0.15) is 5.75 Å². The van der Waals surface area contributed by atoms with E-state index in [2.05, 4.69) is 10.6 Å². The fourth-order valence-electron chi connectivity index (χ4n) is 1.58. The lowest BCUT2D eigenvalue weighted by Gasteiger charge is -2.09. The number of rotatable bonds is 2. The van der Waals surface area contributed by atoms with Crippen molar-refractivity contribution in [3.63, 3.8) is 0 Å². The summed E-state index contributed by atoms with van der Waals surface area (Å²) in [6.07, 6.45) is 0. The normalized spacial score (nSPS) is 10.0. The average molecular weight is 277 g/mol. The Kier molecular flexibility index (Phi) is 3.92. The van der Waals surface area contributed by atoms with E-state index in [0.717, 1.165) is 0 Å². The van der Waals surface area contributed by atoms with Crippen molar-refractivity contribution in [2.24, 2.45) is 0 Å². The number of carbonyl (C=O) groups excluding carboxylic acids is 1. The summed E-state index contributed by atoms with van der Waals surface area (Å²) in [5.74, 6) is 0.192. The van der Waals surface area contributed by atoms with Crippen LogP contribution in [0.1, 0.15) is 5.56 Å². The monoisotopic (exact) mass is 276 g/mol. The summed E-state index contributed by atoms with van der Waals surface area (Å²) in [4.78, 5) is 11.8. The summed E-state index contributed by atoms with van der Waals surface area (Å²) < 4.78 is 0. The topological polar surface area (TPSA) is 61.4 Å². The van der Waals surface area contributed by atoms with Gasteiger partial charge in [-0.1, -0.05) is 23.7 Å². The zero-order valence-corrected chi connectivity index (χ0v) is 11.0. The van der Waals surface area contributed by atoms with Gasteiger partial charge in [0.2, 0.25) is 0 Å². The van der Waals surface area contributed by atoms with Crippen LogP contribution in [0.2, 0.25) is 5.02 Å². The molecule has 0 fully saturated rings. The molecule has 5 heteroatoms. The largest absolute Gasteiger partial charge is 0.508 e.